The standard InChI is InChI=1S/C15H8F8N2O3/c16-10-5-7(11(26)25-27)6-24-12(10)28-9-3-1-8(2-4-9)13(17,14(18,19)20)15(21,22)23/h1-6,27H,(H,25,26). The van der Waals surface area contributed by atoms with Gasteiger partial charge in [-0.05, 0) is 18.2 Å². The summed E-state index contributed by atoms with van der Waals surface area (Å²) < 4.78 is 109. The first-order valence-corrected chi connectivity index (χ1v) is 7.02. The molecular weight excluding hydrogens is 408 g/mol. The summed E-state index contributed by atoms with van der Waals surface area (Å²) in [7, 11) is 0. The predicted molar refractivity (Wildman–Crippen MR) is 74.9 cm³/mol. The van der Waals surface area contributed by atoms with Crippen LogP contribution in [-0.2, 0) is 5.67 Å². The molecule has 2 N–H and O–H groups in total. The van der Waals surface area contributed by atoms with Gasteiger partial charge in [0.25, 0.3) is 11.8 Å². The smallest absolute Gasteiger partial charge is 0.435 e. The van der Waals surface area contributed by atoms with Crippen molar-refractivity contribution in [2.24, 2.45) is 0 Å². The van der Waals surface area contributed by atoms with E-state index < -0.39 is 52.5 Å². The number of alkyl halides is 7. The van der Waals surface area contributed by atoms with E-state index in [-0.39, 0.29) is 12.1 Å². The Bertz CT molecular complexity index is 851. The summed E-state index contributed by atoms with van der Waals surface area (Å²) in [5.41, 5.74) is -6.54. The van der Waals surface area contributed by atoms with Crippen LogP contribution in [0.5, 0.6) is 11.6 Å². The average Bonchev–Trinajstić information content (AvgIpc) is 2.60. The molecule has 0 radical (unpaired) electrons. The topological polar surface area (TPSA) is 71.5 Å². The summed E-state index contributed by atoms with van der Waals surface area (Å²) in [5, 5.41) is 8.42. The number of hydrogen-bond acceptors (Lipinski definition) is 4. The van der Waals surface area contributed by atoms with Gasteiger partial charge in [-0.3, -0.25) is 10.0 Å². The van der Waals surface area contributed by atoms with Gasteiger partial charge in [0.2, 0.25) is 0 Å². The molecule has 0 aliphatic carbocycles. The number of nitrogens with one attached hydrogen (secondary N) is 1. The van der Waals surface area contributed by atoms with Crippen LogP contribution < -0.4 is 10.2 Å². The Kier molecular flexibility index (Phi) is 5.50. The second-order valence-corrected chi connectivity index (χ2v) is 5.23. The first-order chi connectivity index (χ1) is 12.8. The normalized spacial score (nSPS) is 12.6. The number of carbonyl (C=O) groups is 1. The lowest BCUT2D eigenvalue weighted by molar-refractivity contribution is -0.348. The van der Waals surface area contributed by atoms with Crippen molar-refractivity contribution in [2.75, 3.05) is 0 Å². The van der Waals surface area contributed by atoms with Crippen LogP contribution in [0.2, 0.25) is 0 Å². The molecule has 2 rings (SSSR count). The molecule has 28 heavy (non-hydrogen) atoms. The predicted octanol–water partition coefficient (Wildman–Crippen LogP) is 4.42. The number of aromatic nitrogens is 1. The molecule has 0 saturated carbocycles. The van der Waals surface area contributed by atoms with E-state index in [0.29, 0.717) is 18.2 Å². The highest BCUT2D eigenvalue weighted by Crippen LogP contribution is 2.53. The number of hydrogen-bond donors (Lipinski definition) is 2. The van der Waals surface area contributed by atoms with Crippen LogP contribution in [0, 0.1) is 5.82 Å². The van der Waals surface area contributed by atoms with Crippen molar-refractivity contribution in [3.8, 4) is 11.6 Å². The zero-order valence-electron chi connectivity index (χ0n) is 13.2. The molecular formula is C15H8F8N2O3. The van der Waals surface area contributed by atoms with Gasteiger partial charge in [0.15, 0.2) is 5.82 Å². The van der Waals surface area contributed by atoms with Gasteiger partial charge < -0.3 is 4.74 Å². The Morgan fingerprint density at radius 1 is 1.00 bits per heavy atom. The Morgan fingerprint density at radius 2 is 1.54 bits per heavy atom. The molecule has 2 aromatic rings. The molecule has 1 aromatic carbocycles. The van der Waals surface area contributed by atoms with E-state index in [1.165, 1.54) is 5.48 Å². The Labute approximate surface area is 150 Å². The second kappa shape index (κ2) is 7.22. The minimum absolute atomic E-state index is 0.182. The molecule has 0 spiro atoms. The van der Waals surface area contributed by atoms with Crippen LogP contribution in [0.25, 0.3) is 0 Å². The van der Waals surface area contributed by atoms with Crippen LogP contribution in [-0.4, -0.2) is 28.5 Å². The third-order valence-electron chi connectivity index (χ3n) is 3.42. The maximum Gasteiger partial charge on any atom is 0.435 e. The summed E-state index contributed by atoms with van der Waals surface area (Å²) in [5.74, 6) is -3.56. The third-order valence-corrected chi connectivity index (χ3v) is 3.42. The number of benzene rings is 1. The third kappa shape index (κ3) is 3.83. The SMILES string of the molecule is O=C(NO)c1cnc(Oc2ccc(C(F)(C(F)(F)F)C(F)(F)F)cc2)c(F)c1. The number of carbonyl (C=O) groups excluding carboxylic acids is 1. The fraction of sp³-hybridized carbons (Fsp3) is 0.200. The first kappa shape index (κ1) is 21.3. The van der Waals surface area contributed by atoms with E-state index >= 15 is 0 Å². The minimum Gasteiger partial charge on any atom is -0.436 e. The van der Waals surface area contributed by atoms with Crippen molar-refractivity contribution in [1.82, 2.24) is 10.5 Å². The maximum absolute atomic E-state index is 13.9. The molecule has 0 fully saturated rings. The highest BCUT2D eigenvalue weighted by Gasteiger charge is 2.73. The summed E-state index contributed by atoms with van der Waals surface area (Å²) in [6, 6.07) is 2.07. The molecule has 0 aliphatic heterocycles. The van der Waals surface area contributed by atoms with Gasteiger partial charge in [0, 0.05) is 11.8 Å². The molecule has 0 bridgehead atoms. The number of rotatable bonds is 4. The molecule has 1 amide bonds. The fourth-order valence-electron chi connectivity index (χ4n) is 2.04. The van der Waals surface area contributed by atoms with Crippen LogP contribution in [0.3, 0.4) is 0 Å². The second-order valence-electron chi connectivity index (χ2n) is 5.23. The van der Waals surface area contributed by atoms with E-state index in [1.54, 1.807) is 0 Å². The van der Waals surface area contributed by atoms with E-state index in [4.69, 9.17) is 9.94 Å². The monoisotopic (exact) mass is 416 g/mol. The lowest BCUT2D eigenvalue weighted by Crippen LogP contribution is -2.50. The van der Waals surface area contributed by atoms with Crippen molar-refractivity contribution in [3.05, 3.63) is 53.5 Å². The molecule has 152 valence electrons. The van der Waals surface area contributed by atoms with Gasteiger partial charge in [-0.25, -0.2) is 19.2 Å². The number of pyridine rings is 1. The van der Waals surface area contributed by atoms with E-state index in [1.807, 2.05) is 0 Å². The lowest BCUT2D eigenvalue weighted by atomic mass is 9.94. The number of amides is 1. The maximum atomic E-state index is 13.9. The van der Waals surface area contributed by atoms with Gasteiger partial charge in [-0.15, -0.1) is 0 Å². The first-order valence-electron chi connectivity index (χ1n) is 7.02. The zero-order chi connectivity index (χ0) is 21.3. The zero-order valence-corrected chi connectivity index (χ0v) is 13.2. The quantitative estimate of drug-likeness (QED) is 0.440. The number of hydroxylamine groups is 1. The number of ether oxygens (including phenoxy) is 1. The number of halogens is 8. The lowest BCUT2D eigenvalue weighted by Gasteiger charge is -2.30. The summed E-state index contributed by atoms with van der Waals surface area (Å²) in [6.45, 7) is 0. The number of nitrogens with zero attached hydrogens (tertiary/aromatic N) is 1. The van der Waals surface area contributed by atoms with E-state index in [0.717, 1.165) is 6.20 Å². The van der Waals surface area contributed by atoms with Crippen molar-refractivity contribution in [2.45, 2.75) is 18.0 Å². The van der Waals surface area contributed by atoms with Crippen LogP contribution in [0.1, 0.15) is 15.9 Å². The van der Waals surface area contributed by atoms with Gasteiger partial charge in [-0.2, -0.15) is 26.3 Å². The highest BCUT2D eigenvalue weighted by atomic mass is 19.4. The van der Waals surface area contributed by atoms with Crippen molar-refractivity contribution in [3.63, 3.8) is 0 Å². The van der Waals surface area contributed by atoms with E-state index in [2.05, 4.69) is 4.98 Å². The van der Waals surface area contributed by atoms with Crippen molar-refractivity contribution in [1.29, 1.82) is 0 Å². The van der Waals surface area contributed by atoms with Crippen LogP contribution in [0.15, 0.2) is 36.5 Å². The summed E-state index contributed by atoms with van der Waals surface area (Å²) in [6.07, 6.45) is -11.8. The molecule has 0 atom stereocenters. The van der Waals surface area contributed by atoms with Crippen LogP contribution >= 0.6 is 0 Å². The van der Waals surface area contributed by atoms with Crippen molar-refractivity contribution >= 4 is 5.91 Å². The average molecular weight is 416 g/mol. The Hall–Kier alpha value is -2.96. The Morgan fingerprint density at radius 3 is 1.96 bits per heavy atom. The molecule has 0 unspecified atom stereocenters. The largest absolute Gasteiger partial charge is 0.436 e. The molecule has 1 heterocycles. The molecule has 5 nitrogen and oxygen atoms in total. The van der Waals surface area contributed by atoms with Crippen molar-refractivity contribution < 1.29 is 49.9 Å². The van der Waals surface area contributed by atoms with Gasteiger partial charge >= 0.3 is 18.0 Å². The van der Waals surface area contributed by atoms with Gasteiger partial charge in [0.05, 0.1) is 5.56 Å². The Balaban J connectivity index is 2.32. The highest BCUT2D eigenvalue weighted by molar-refractivity contribution is 5.93. The summed E-state index contributed by atoms with van der Waals surface area (Å²) >= 11 is 0. The van der Waals surface area contributed by atoms with Gasteiger partial charge in [0.1, 0.15) is 5.75 Å². The molecule has 1 aromatic heterocycles. The molecule has 13 heteroatoms. The van der Waals surface area contributed by atoms with E-state index in [9.17, 15) is 39.9 Å². The molecule has 0 aliphatic rings. The molecule has 0 saturated heterocycles. The minimum atomic E-state index is -6.27. The van der Waals surface area contributed by atoms with Crippen LogP contribution in [0.4, 0.5) is 35.1 Å². The fourth-order valence-corrected chi connectivity index (χ4v) is 2.04. The summed E-state index contributed by atoms with van der Waals surface area (Å²) in [4.78, 5) is 14.5. The van der Waals surface area contributed by atoms with Gasteiger partial charge in [-0.1, -0.05) is 12.1 Å².